The zero-order valence-electron chi connectivity index (χ0n) is 11.7. The molecule has 0 unspecified atom stereocenters. The van der Waals surface area contributed by atoms with Gasteiger partial charge in [0.1, 0.15) is 11.3 Å². The van der Waals surface area contributed by atoms with Gasteiger partial charge in [-0.2, -0.15) is 4.98 Å². The predicted molar refractivity (Wildman–Crippen MR) is 79.7 cm³/mol. The molecule has 0 saturated heterocycles. The van der Waals surface area contributed by atoms with E-state index >= 15 is 0 Å². The molecule has 4 aromatic rings. The second-order valence-electron chi connectivity index (χ2n) is 4.72. The third-order valence-corrected chi connectivity index (χ3v) is 3.13. The highest BCUT2D eigenvalue weighted by atomic mass is 16.5. The summed E-state index contributed by atoms with van der Waals surface area (Å²) in [6.07, 6.45) is 5.07. The van der Waals surface area contributed by atoms with Gasteiger partial charge in [0.15, 0.2) is 11.5 Å². The average molecular weight is 293 g/mol. The molecule has 3 aromatic heterocycles. The molecule has 22 heavy (non-hydrogen) atoms. The van der Waals surface area contributed by atoms with E-state index < -0.39 is 0 Å². The van der Waals surface area contributed by atoms with Crippen LogP contribution >= 0.6 is 0 Å². The lowest BCUT2D eigenvalue weighted by molar-refractivity contribution is 0.411. The summed E-state index contributed by atoms with van der Waals surface area (Å²) in [4.78, 5) is 8.63. The molecule has 0 saturated carbocycles. The summed E-state index contributed by atoms with van der Waals surface area (Å²) in [6.45, 7) is 1.81. The minimum Gasteiger partial charge on any atom is -0.465 e. The molecule has 0 bridgehead atoms. The number of furan rings is 1. The first-order valence-electron chi connectivity index (χ1n) is 6.71. The molecule has 0 amide bonds. The van der Waals surface area contributed by atoms with E-state index in [1.165, 1.54) is 0 Å². The maximum atomic E-state index is 5.45. The second kappa shape index (κ2) is 5.00. The van der Waals surface area contributed by atoms with Crippen molar-refractivity contribution in [2.75, 3.05) is 0 Å². The normalized spacial score (nSPS) is 11.7. The van der Waals surface area contributed by atoms with Crippen LogP contribution in [0.4, 0.5) is 0 Å². The zero-order valence-corrected chi connectivity index (χ0v) is 11.7. The van der Waals surface area contributed by atoms with Crippen LogP contribution in [0.5, 0.6) is 0 Å². The van der Waals surface area contributed by atoms with E-state index in [2.05, 4.69) is 15.1 Å². The van der Waals surface area contributed by atoms with Gasteiger partial charge >= 0.3 is 0 Å². The summed E-state index contributed by atoms with van der Waals surface area (Å²) in [6, 6.07) is 9.25. The Hall–Kier alpha value is -3.15. The summed E-state index contributed by atoms with van der Waals surface area (Å²) in [5.41, 5.74) is 2.33. The quantitative estimate of drug-likeness (QED) is 0.569. The van der Waals surface area contributed by atoms with E-state index in [-0.39, 0.29) is 0 Å². The van der Waals surface area contributed by atoms with Crippen LogP contribution in [0.2, 0.25) is 0 Å². The van der Waals surface area contributed by atoms with E-state index in [1.54, 1.807) is 18.4 Å². The van der Waals surface area contributed by atoms with Crippen molar-refractivity contribution in [3.05, 3.63) is 54.1 Å². The Labute approximate surface area is 125 Å². The Kier molecular flexibility index (Phi) is 2.86. The average Bonchev–Trinajstić information content (AvgIpc) is 3.24. The summed E-state index contributed by atoms with van der Waals surface area (Å²) >= 11 is 0. The van der Waals surface area contributed by atoms with Crippen molar-refractivity contribution in [1.29, 1.82) is 0 Å². The first-order valence-corrected chi connectivity index (χ1v) is 6.71. The fourth-order valence-corrected chi connectivity index (χ4v) is 2.14. The zero-order chi connectivity index (χ0) is 14.9. The van der Waals surface area contributed by atoms with Gasteiger partial charge in [-0.1, -0.05) is 5.16 Å². The number of oxazole rings is 1. The van der Waals surface area contributed by atoms with Crippen molar-refractivity contribution in [3.63, 3.8) is 0 Å². The van der Waals surface area contributed by atoms with Gasteiger partial charge in [0.05, 0.1) is 6.26 Å². The fourth-order valence-electron chi connectivity index (χ4n) is 2.14. The first kappa shape index (κ1) is 12.6. The molecule has 3 heterocycles. The highest BCUT2D eigenvalue weighted by Gasteiger charge is 2.10. The molecule has 108 valence electrons. The minimum absolute atomic E-state index is 0.405. The first-order chi connectivity index (χ1) is 10.8. The Bertz CT molecular complexity index is 948. The second-order valence-corrected chi connectivity index (χ2v) is 4.72. The van der Waals surface area contributed by atoms with Gasteiger partial charge in [0.2, 0.25) is 5.82 Å². The van der Waals surface area contributed by atoms with Crippen molar-refractivity contribution < 1.29 is 13.4 Å². The lowest BCUT2D eigenvalue weighted by atomic mass is 10.2. The monoisotopic (exact) mass is 293 g/mol. The van der Waals surface area contributed by atoms with Gasteiger partial charge in [0, 0.05) is 18.6 Å². The fraction of sp³-hybridized carbons (Fsp3) is 0.0625. The molecular formula is C16H11N3O3. The number of nitrogens with zero attached hydrogens (tertiary/aromatic N) is 3. The Morgan fingerprint density at radius 3 is 2.91 bits per heavy atom. The number of benzene rings is 1. The summed E-state index contributed by atoms with van der Waals surface area (Å²) < 4.78 is 15.8. The topological polar surface area (TPSA) is 78.1 Å². The molecule has 0 fully saturated rings. The van der Waals surface area contributed by atoms with Crippen molar-refractivity contribution >= 4 is 23.3 Å². The molecular weight excluding hydrogens is 282 g/mol. The SMILES string of the molecule is Cc1nc2cc(-c3noc(C=Cc4ccco4)n3)ccc2o1. The standard InChI is InChI=1S/C16H11N3O3/c1-10-17-13-9-11(4-6-14(13)21-10)16-18-15(22-19-16)7-5-12-3-2-8-20-12/h2-9H,1H3. The molecule has 0 N–H and O–H groups in total. The molecule has 0 spiro atoms. The number of aryl methyl sites for hydroxylation is 1. The molecule has 0 aliphatic carbocycles. The van der Waals surface area contributed by atoms with Gasteiger partial charge in [-0.05, 0) is 36.4 Å². The highest BCUT2D eigenvalue weighted by Crippen LogP contribution is 2.23. The number of fused-ring (bicyclic) bond motifs is 1. The van der Waals surface area contributed by atoms with Crippen molar-refractivity contribution in [1.82, 2.24) is 15.1 Å². The van der Waals surface area contributed by atoms with Crippen LogP contribution in [0.3, 0.4) is 0 Å². The Morgan fingerprint density at radius 2 is 2.05 bits per heavy atom. The van der Waals surface area contributed by atoms with Gasteiger partial charge in [-0.25, -0.2) is 4.98 Å². The number of rotatable bonds is 3. The van der Waals surface area contributed by atoms with Crippen LogP contribution in [-0.4, -0.2) is 15.1 Å². The maximum Gasteiger partial charge on any atom is 0.251 e. The third kappa shape index (κ3) is 2.31. The Balaban J connectivity index is 1.64. The summed E-state index contributed by atoms with van der Waals surface area (Å²) in [7, 11) is 0. The summed E-state index contributed by atoms with van der Waals surface area (Å²) in [5, 5.41) is 3.97. The molecule has 0 aliphatic heterocycles. The van der Waals surface area contributed by atoms with E-state index in [1.807, 2.05) is 37.3 Å². The van der Waals surface area contributed by atoms with Crippen LogP contribution < -0.4 is 0 Å². The van der Waals surface area contributed by atoms with Crippen molar-refractivity contribution in [2.24, 2.45) is 0 Å². The lowest BCUT2D eigenvalue weighted by Gasteiger charge is -1.92. The molecule has 0 atom stereocenters. The number of aromatic nitrogens is 3. The van der Waals surface area contributed by atoms with Crippen LogP contribution in [0.15, 0.2) is 50.0 Å². The Morgan fingerprint density at radius 1 is 1.09 bits per heavy atom. The van der Waals surface area contributed by atoms with Crippen molar-refractivity contribution in [3.8, 4) is 11.4 Å². The van der Waals surface area contributed by atoms with E-state index in [0.29, 0.717) is 17.6 Å². The van der Waals surface area contributed by atoms with Crippen LogP contribution in [0.1, 0.15) is 17.5 Å². The molecule has 6 nitrogen and oxygen atoms in total. The van der Waals surface area contributed by atoms with Gasteiger partial charge in [-0.15, -0.1) is 0 Å². The van der Waals surface area contributed by atoms with Crippen LogP contribution in [0.25, 0.3) is 34.6 Å². The van der Waals surface area contributed by atoms with Gasteiger partial charge < -0.3 is 13.4 Å². The molecule has 1 aromatic carbocycles. The molecule has 6 heteroatoms. The predicted octanol–water partition coefficient (Wildman–Crippen LogP) is 3.95. The number of hydrogen-bond donors (Lipinski definition) is 0. The molecule has 4 rings (SSSR count). The van der Waals surface area contributed by atoms with Crippen molar-refractivity contribution in [2.45, 2.75) is 6.92 Å². The molecule has 0 radical (unpaired) electrons. The number of hydrogen-bond acceptors (Lipinski definition) is 6. The third-order valence-electron chi connectivity index (χ3n) is 3.13. The maximum absolute atomic E-state index is 5.45. The largest absolute Gasteiger partial charge is 0.465 e. The van der Waals surface area contributed by atoms with Gasteiger partial charge in [0.25, 0.3) is 5.89 Å². The molecule has 0 aliphatic rings. The lowest BCUT2D eigenvalue weighted by Crippen LogP contribution is -1.81. The van der Waals surface area contributed by atoms with Crippen LogP contribution in [0, 0.1) is 6.92 Å². The van der Waals surface area contributed by atoms with E-state index in [9.17, 15) is 0 Å². The summed E-state index contributed by atoms with van der Waals surface area (Å²) in [5.74, 6) is 2.26. The minimum atomic E-state index is 0.405. The van der Waals surface area contributed by atoms with E-state index in [0.717, 1.165) is 22.4 Å². The van der Waals surface area contributed by atoms with Gasteiger partial charge in [-0.3, -0.25) is 0 Å². The smallest absolute Gasteiger partial charge is 0.251 e. The highest BCUT2D eigenvalue weighted by molar-refractivity contribution is 5.78. The van der Waals surface area contributed by atoms with Crippen LogP contribution in [-0.2, 0) is 0 Å². The van der Waals surface area contributed by atoms with E-state index in [4.69, 9.17) is 13.4 Å².